The molecule has 0 bridgehead atoms. The second-order valence-electron chi connectivity index (χ2n) is 5.87. The van der Waals surface area contributed by atoms with E-state index in [4.69, 9.17) is 16.3 Å². The van der Waals surface area contributed by atoms with Gasteiger partial charge in [0, 0.05) is 23.7 Å². The fraction of sp³-hybridized carbons (Fsp3) is 0.100. The zero-order valence-corrected chi connectivity index (χ0v) is 15.7. The number of aromatic nitrogens is 2. The molecule has 0 unspecified atom stereocenters. The highest BCUT2D eigenvalue weighted by atomic mass is 35.5. The standard InChI is InChI=1S/C20H17ClN4O3/c1-13(26)24-18-11-20(23-12-22-18)28-16-8-6-15(7-9-16)25-19(27)10-14-4-2-3-5-17(14)21/h2-9,11-12H,10H2,1H3,(H,25,27)(H,22,23,24,26). The van der Waals surface area contributed by atoms with Crippen LogP contribution in [-0.2, 0) is 16.0 Å². The summed E-state index contributed by atoms with van der Waals surface area (Å²) in [6, 6.07) is 15.6. The minimum atomic E-state index is -0.235. The fourth-order valence-corrected chi connectivity index (χ4v) is 2.59. The first-order valence-electron chi connectivity index (χ1n) is 8.40. The molecule has 1 heterocycles. The number of amides is 2. The van der Waals surface area contributed by atoms with Crippen molar-refractivity contribution in [2.24, 2.45) is 0 Å². The van der Waals surface area contributed by atoms with Gasteiger partial charge in [0.1, 0.15) is 17.9 Å². The second-order valence-corrected chi connectivity index (χ2v) is 6.27. The Morgan fingerprint density at radius 3 is 2.50 bits per heavy atom. The summed E-state index contributed by atoms with van der Waals surface area (Å²) in [5.74, 6) is 0.755. The molecule has 8 heteroatoms. The Hall–Kier alpha value is -3.45. The molecule has 0 aliphatic heterocycles. The number of ether oxygens (including phenoxy) is 1. The maximum Gasteiger partial charge on any atom is 0.228 e. The molecule has 7 nitrogen and oxygen atoms in total. The molecule has 0 radical (unpaired) electrons. The highest BCUT2D eigenvalue weighted by Gasteiger charge is 2.08. The van der Waals surface area contributed by atoms with Gasteiger partial charge in [-0.15, -0.1) is 0 Å². The van der Waals surface area contributed by atoms with Crippen LogP contribution in [0.25, 0.3) is 0 Å². The number of nitrogens with one attached hydrogen (secondary N) is 2. The Labute approximate surface area is 166 Å². The van der Waals surface area contributed by atoms with Gasteiger partial charge in [0.2, 0.25) is 17.7 Å². The van der Waals surface area contributed by atoms with Gasteiger partial charge in [-0.3, -0.25) is 9.59 Å². The number of halogens is 1. The van der Waals surface area contributed by atoms with Crippen LogP contribution in [0, 0.1) is 0 Å². The van der Waals surface area contributed by atoms with E-state index < -0.39 is 0 Å². The minimum absolute atomic E-state index is 0.169. The Kier molecular flexibility index (Phi) is 6.18. The van der Waals surface area contributed by atoms with Crippen molar-refractivity contribution in [2.45, 2.75) is 13.3 Å². The van der Waals surface area contributed by atoms with Gasteiger partial charge in [-0.05, 0) is 35.9 Å². The first-order valence-corrected chi connectivity index (χ1v) is 8.78. The topological polar surface area (TPSA) is 93.2 Å². The monoisotopic (exact) mass is 396 g/mol. The average Bonchev–Trinajstić information content (AvgIpc) is 2.65. The molecule has 0 aliphatic rings. The van der Waals surface area contributed by atoms with Crippen molar-refractivity contribution in [3.05, 3.63) is 71.5 Å². The van der Waals surface area contributed by atoms with Crippen LogP contribution < -0.4 is 15.4 Å². The van der Waals surface area contributed by atoms with E-state index in [1.165, 1.54) is 19.3 Å². The summed E-state index contributed by atoms with van der Waals surface area (Å²) in [4.78, 5) is 31.2. The molecule has 0 saturated carbocycles. The summed E-state index contributed by atoms with van der Waals surface area (Å²) in [6.45, 7) is 1.39. The van der Waals surface area contributed by atoms with Gasteiger partial charge in [0.15, 0.2) is 0 Å². The zero-order chi connectivity index (χ0) is 19.9. The molecule has 2 N–H and O–H groups in total. The van der Waals surface area contributed by atoms with Gasteiger partial charge < -0.3 is 15.4 Å². The smallest absolute Gasteiger partial charge is 0.228 e. The normalized spacial score (nSPS) is 10.2. The Balaban J connectivity index is 1.60. The lowest BCUT2D eigenvalue weighted by Gasteiger charge is -2.09. The molecule has 28 heavy (non-hydrogen) atoms. The largest absolute Gasteiger partial charge is 0.439 e. The molecular formula is C20H17ClN4O3. The van der Waals surface area contributed by atoms with Crippen molar-refractivity contribution in [3.8, 4) is 11.6 Å². The molecule has 2 aromatic carbocycles. The Morgan fingerprint density at radius 1 is 1.04 bits per heavy atom. The number of carbonyl (C=O) groups is 2. The number of anilines is 2. The van der Waals surface area contributed by atoms with Crippen LogP contribution in [-0.4, -0.2) is 21.8 Å². The summed E-state index contributed by atoms with van der Waals surface area (Å²) in [5, 5.41) is 5.93. The van der Waals surface area contributed by atoms with Crippen LogP contribution >= 0.6 is 11.6 Å². The third kappa shape index (κ3) is 5.52. The number of hydrogen-bond acceptors (Lipinski definition) is 5. The van der Waals surface area contributed by atoms with E-state index in [1.807, 2.05) is 18.2 Å². The van der Waals surface area contributed by atoms with Gasteiger partial charge in [-0.1, -0.05) is 29.8 Å². The fourth-order valence-electron chi connectivity index (χ4n) is 2.39. The molecule has 142 valence electrons. The molecule has 0 saturated heterocycles. The molecule has 3 rings (SSSR count). The highest BCUT2D eigenvalue weighted by Crippen LogP contribution is 2.23. The summed E-state index contributed by atoms with van der Waals surface area (Å²) >= 11 is 6.08. The molecule has 2 amide bonds. The Morgan fingerprint density at radius 2 is 1.79 bits per heavy atom. The number of carbonyl (C=O) groups excluding carboxylic acids is 2. The molecule has 0 spiro atoms. The first kappa shape index (κ1) is 19.3. The maximum absolute atomic E-state index is 12.2. The SMILES string of the molecule is CC(=O)Nc1cc(Oc2ccc(NC(=O)Cc3ccccc3Cl)cc2)ncn1. The van der Waals surface area contributed by atoms with Crippen molar-refractivity contribution >= 4 is 34.9 Å². The first-order chi connectivity index (χ1) is 13.5. The van der Waals surface area contributed by atoms with E-state index in [9.17, 15) is 9.59 Å². The van der Waals surface area contributed by atoms with Crippen molar-refractivity contribution in [3.63, 3.8) is 0 Å². The lowest BCUT2D eigenvalue weighted by Crippen LogP contribution is -2.14. The summed E-state index contributed by atoms with van der Waals surface area (Å²) in [6.07, 6.45) is 1.48. The van der Waals surface area contributed by atoms with Gasteiger partial charge in [-0.25, -0.2) is 9.97 Å². The van der Waals surface area contributed by atoms with Crippen molar-refractivity contribution in [2.75, 3.05) is 10.6 Å². The van der Waals surface area contributed by atoms with E-state index in [0.29, 0.717) is 22.3 Å². The minimum Gasteiger partial charge on any atom is -0.439 e. The van der Waals surface area contributed by atoms with Gasteiger partial charge in [0.05, 0.1) is 6.42 Å². The second kappa shape index (κ2) is 8.96. The number of nitrogens with zero attached hydrogens (tertiary/aromatic N) is 2. The van der Waals surface area contributed by atoms with Crippen molar-refractivity contribution < 1.29 is 14.3 Å². The van der Waals surface area contributed by atoms with Crippen LogP contribution in [0.1, 0.15) is 12.5 Å². The third-order valence-corrected chi connectivity index (χ3v) is 3.98. The van der Waals surface area contributed by atoms with Gasteiger partial charge in [0.25, 0.3) is 0 Å². The van der Waals surface area contributed by atoms with Crippen LogP contribution in [0.4, 0.5) is 11.5 Å². The number of hydrogen-bond donors (Lipinski definition) is 2. The lowest BCUT2D eigenvalue weighted by atomic mass is 10.1. The molecule has 3 aromatic rings. The third-order valence-electron chi connectivity index (χ3n) is 3.62. The molecule has 1 aromatic heterocycles. The van der Waals surface area contributed by atoms with E-state index in [1.54, 1.807) is 30.3 Å². The molecule has 0 aliphatic carbocycles. The predicted molar refractivity (Wildman–Crippen MR) is 107 cm³/mol. The number of benzene rings is 2. The van der Waals surface area contributed by atoms with E-state index in [0.717, 1.165) is 5.56 Å². The summed E-state index contributed by atoms with van der Waals surface area (Å²) in [5.41, 5.74) is 1.39. The summed E-state index contributed by atoms with van der Waals surface area (Å²) in [7, 11) is 0. The van der Waals surface area contributed by atoms with Crippen molar-refractivity contribution in [1.29, 1.82) is 0 Å². The van der Waals surface area contributed by atoms with Crippen LogP contribution in [0.3, 0.4) is 0 Å². The number of rotatable bonds is 6. The highest BCUT2D eigenvalue weighted by molar-refractivity contribution is 6.31. The van der Waals surface area contributed by atoms with E-state index in [2.05, 4.69) is 20.6 Å². The predicted octanol–water partition coefficient (Wildman–Crippen LogP) is 4.06. The quantitative estimate of drug-likeness (QED) is 0.655. The average molecular weight is 397 g/mol. The van der Waals surface area contributed by atoms with Crippen LogP contribution in [0.5, 0.6) is 11.6 Å². The Bertz CT molecular complexity index is 993. The van der Waals surface area contributed by atoms with Crippen LogP contribution in [0.2, 0.25) is 5.02 Å². The lowest BCUT2D eigenvalue weighted by molar-refractivity contribution is -0.116. The van der Waals surface area contributed by atoms with E-state index in [-0.39, 0.29) is 24.1 Å². The molecule has 0 atom stereocenters. The van der Waals surface area contributed by atoms with Gasteiger partial charge >= 0.3 is 0 Å². The van der Waals surface area contributed by atoms with Crippen molar-refractivity contribution in [1.82, 2.24) is 9.97 Å². The summed E-state index contributed by atoms with van der Waals surface area (Å²) < 4.78 is 5.64. The molecule has 0 fully saturated rings. The molecular weight excluding hydrogens is 380 g/mol. The van der Waals surface area contributed by atoms with Gasteiger partial charge in [-0.2, -0.15) is 0 Å². The van der Waals surface area contributed by atoms with Crippen LogP contribution in [0.15, 0.2) is 60.9 Å². The maximum atomic E-state index is 12.2. The van der Waals surface area contributed by atoms with E-state index >= 15 is 0 Å². The zero-order valence-electron chi connectivity index (χ0n) is 15.0.